The van der Waals surface area contributed by atoms with Gasteiger partial charge in [0.25, 0.3) is 5.91 Å². The second kappa shape index (κ2) is 9.51. The van der Waals surface area contributed by atoms with Gasteiger partial charge in [-0.1, -0.05) is 30.3 Å². The number of nitrogens with one attached hydrogen (secondary N) is 2. The second-order valence-corrected chi connectivity index (χ2v) is 7.06. The number of amides is 2. The van der Waals surface area contributed by atoms with Crippen LogP contribution >= 0.6 is 0 Å². The highest BCUT2D eigenvalue weighted by Gasteiger charge is 2.19. The molecule has 0 saturated carbocycles. The fraction of sp³-hybridized carbons (Fsp3) is 0.318. The smallest absolute Gasteiger partial charge is 0.251 e. The van der Waals surface area contributed by atoms with Gasteiger partial charge in [-0.15, -0.1) is 0 Å². The lowest BCUT2D eigenvalue weighted by molar-refractivity contribution is -0.119. The Bertz CT molecular complexity index is 1050. The van der Waals surface area contributed by atoms with Gasteiger partial charge < -0.3 is 24.7 Å². The van der Waals surface area contributed by atoms with Crippen LogP contribution in [0.1, 0.15) is 17.3 Å². The van der Waals surface area contributed by atoms with Crippen molar-refractivity contribution < 1.29 is 19.1 Å². The zero-order valence-corrected chi connectivity index (χ0v) is 17.6. The van der Waals surface area contributed by atoms with Crippen molar-refractivity contribution in [2.45, 2.75) is 13.0 Å². The molecule has 3 aromatic rings. The van der Waals surface area contributed by atoms with Crippen LogP contribution in [0.2, 0.25) is 0 Å². The number of rotatable bonds is 8. The molecule has 0 unspecified atom stereocenters. The highest BCUT2D eigenvalue weighted by atomic mass is 16.5. The Morgan fingerprint density at radius 3 is 2.53 bits per heavy atom. The summed E-state index contributed by atoms with van der Waals surface area (Å²) in [6.07, 6.45) is 0. The SMILES string of the molecule is COCC(=O)Nc1cc(C(=O)N[C@@H](C)COC)cc2nc(-c3ccccc3)n(C)c12. The fourth-order valence-corrected chi connectivity index (χ4v) is 3.34. The molecular formula is C22H26N4O4. The van der Waals surface area contributed by atoms with Gasteiger partial charge in [0.2, 0.25) is 5.91 Å². The minimum atomic E-state index is -0.313. The summed E-state index contributed by atoms with van der Waals surface area (Å²) in [4.78, 5) is 29.7. The van der Waals surface area contributed by atoms with E-state index >= 15 is 0 Å². The topological polar surface area (TPSA) is 94.5 Å². The number of benzene rings is 2. The number of aromatic nitrogens is 2. The van der Waals surface area contributed by atoms with Crippen LogP contribution in [-0.4, -0.2) is 54.8 Å². The Labute approximate surface area is 175 Å². The molecule has 30 heavy (non-hydrogen) atoms. The highest BCUT2D eigenvalue weighted by molar-refractivity contribution is 6.06. The molecule has 0 fully saturated rings. The Morgan fingerprint density at radius 2 is 1.87 bits per heavy atom. The van der Waals surface area contributed by atoms with E-state index in [0.717, 1.165) is 16.9 Å². The van der Waals surface area contributed by atoms with Crippen molar-refractivity contribution in [3.05, 3.63) is 48.0 Å². The first-order chi connectivity index (χ1) is 14.4. The van der Waals surface area contributed by atoms with Crippen LogP contribution in [-0.2, 0) is 21.3 Å². The molecule has 0 saturated heterocycles. The van der Waals surface area contributed by atoms with Gasteiger partial charge >= 0.3 is 0 Å². The lowest BCUT2D eigenvalue weighted by Crippen LogP contribution is -2.35. The Kier molecular flexibility index (Phi) is 6.81. The average Bonchev–Trinajstić information content (AvgIpc) is 3.05. The quantitative estimate of drug-likeness (QED) is 0.595. The number of aryl methyl sites for hydroxylation is 1. The number of fused-ring (bicyclic) bond motifs is 1. The molecule has 8 heteroatoms. The number of hydrogen-bond acceptors (Lipinski definition) is 5. The van der Waals surface area contributed by atoms with E-state index < -0.39 is 0 Å². The Hall–Kier alpha value is -3.23. The summed E-state index contributed by atoms with van der Waals surface area (Å²) < 4.78 is 11.9. The first kappa shape index (κ1) is 21.5. The molecular weight excluding hydrogens is 384 g/mol. The lowest BCUT2D eigenvalue weighted by Gasteiger charge is -2.14. The molecule has 8 nitrogen and oxygen atoms in total. The van der Waals surface area contributed by atoms with E-state index in [-0.39, 0.29) is 24.5 Å². The normalized spacial score (nSPS) is 12.0. The first-order valence-electron chi connectivity index (χ1n) is 9.59. The van der Waals surface area contributed by atoms with Crippen molar-refractivity contribution in [3.8, 4) is 11.4 Å². The fourth-order valence-electron chi connectivity index (χ4n) is 3.34. The van der Waals surface area contributed by atoms with E-state index in [9.17, 15) is 9.59 Å². The summed E-state index contributed by atoms with van der Waals surface area (Å²) in [5.41, 5.74) is 3.16. The van der Waals surface area contributed by atoms with Crippen molar-refractivity contribution in [2.24, 2.45) is 7.05 Å². The molecule has 3 rings (SSSR count). The number of anilines is 1. The number of carbonyl (C=O) groups excluding carboxylic acids is 2. The van der Waals surface area contributed by atoms with Crippen LogP contribution in [0.25, 0.3) is 22.4 Å². The number of methoxy groups -OCH3 is 2. The van der Waals surface area contributed by atoms with E-state index in [2.05, 4.69) is 10.6 Å². The molecule has 2 aromatic carbocycles. The van der Waals surface area contributed by atoms with Gasteiger partial charge in [0.1, 0.15) is 12.4 Å². The molecule has 0 aliphatic heterocycles. The van der Waals surface area contributed by atoms with Gasteiger partial charge in [0.15, 0.2) is 0 Å². The zero-order chi connectivity index (χ0) is 21.7. The summed E-state index contributed by atoms with van der Waals surface area (Å²) in [6, 6.07) is 13.0. The molecule has 0 bridgehead atoms. The number of nitrogens with zero attached hydrogens (tertiary/aromatic N) is 2. The van der Waals surface area contributed by atoms with Crippen molar-refractivity contribution in [3.63, 3.8) is 0 Å². The summed E-state index contributed by atoms with van der Waals surface area (Å²) in [7, 11) is 4.91. The highest BCUT2D eigenvalue weighted by Crippen LogP contribution is 2.30. The first-order valence-corrected chi connectivity index (χ1v) is 9.59. The summed E-state index contributed by atoms with van der Waals surface area (Å²) in [6.45, 7) is 2.16. The minimum Gasteiger partial charge on any atom is -0.383 e. The summed E-state index contributed by atoms with van der Waals surface area (Å²) in [5, 5.41) is 5.72. The molecule has 1 aromatic heterocycles. The number of hydrogen-bond donors (Lipinski definition) is 2. The number of imidazole rings is 1. The van der Waals surface area contributed by atoms with Crippen molar-refractivity contribution in [1.82, 2.24) is 14.9 Å². The van der Waals surface area contributed by atoms with E-state index in [4.69, 9.17) is 14.5 Å². The molecule has 0 radical (unpaired) electrons. The van der Waals surface area contributed by atoms with E-state index in [1.54, 1.807) is 19.2 Å². The van der Waals surface area contributed by atoms with Crippen LogP contribution in [0.5, 0.6) is 0 Å². The third-order valence-corrected chi connectivity index (χ3v) is 4.61. The summed E-state index contributed by atoms with van der Waals surface area (Å²) >= 11 is 0. The van der Waals surface area contributed by atoms with E-state index in [0.29, 0.717) is 23.4 Å². The third-order valence-electron chi connectivity index (χ3n) is 4.61. The molecule has 2 amide bonds. The minimum absolute atomic E-state index is 0.0911. The maximum Gasteiger partial charge on any atom is 0.251 e. The number of carbonyl (C=O) groups is 2. The number of ether oxygens (including phenoxy) is 2. The van der Waals surface area contributed by atoms with E-state index in [1.807, 2.05) is 48.9 Å². The Morgan fingerprint density at radius 1 is 1.13 bits per heavy atom. The van der Waals surface area contributed by atoms with Crippen LogP contribution in [0.3, 0.4) is 0 Å². The van der Waals surface area contributed by atoms with Crippen LogP contribution in [0, 0.1) is 0 Å². The maximum atomic E-state index is 12.8. The lowest BCUT2D eigenvalue weighted by atomic mass is 10.1. The van der Waals surface area contributed by atoms with Gasteiger partial charge in [0.05, 0.1) is 23.3 Å². The predicted octanol–water partition coefficient (Wildman–Crippen LogP) is 2.59. The van der Waals surface area contributed by atoms with Crippen molar-refractivity contribution in [2.75, 3.05) is 32.8 Å². The molecule has 0 aliphatic rings. The largest absolute Gasteiger partial charge is 0.383 e. The molecule has 1 heterocycles. The third kappa shape index (κ3) is 4.67. The van der Waals surface area contributed by atoms with Crippen LogP contribution in [0.15, 0.2) is 42.5 Å². The molecule has 0 spiro atoms. The Balaban J connectivity index is 2.09. The van der Waals surface area contributed by atoms with Crippen LogP contribution in [0.4, 0.5) is 5.69 Å². The van der Waals surface area contributed by atoms with Gasteiger partial charge in [-0.3, -0.25) is 9.59 Å². The second-order valence-electron chi connectivity index (χ2n) is 7.06. The van der Waals surface area contributed by atoms with Crippen LogP contribution < -0.4 is 10.6 Å². The van der Waals surface area contributed by atoms with Gasteiger partial charge in [-0.2, -0.15) is 0 Å². The summed E-state index contributed by atoms with van der Waals surface area (Å²) in [5.74, 6) is 0.153. The van der Waals surface area contributed by atoms with E-state index in [1.165, 1.54) is 7.11 Å². The van der Waals surface area contributed by atoms with Gasteiger partial charge in [0, 0.05) is 38.4 Å². The molecule has 2 N–H and O–H groups in total. The van der Waals surface area contributed by atoms with Crippen molar-refractivity contribution in [1.29, 1.82) is 0 Å². The maximum absolute atomic E-state index is 12.8. The van der Waals surface area contributed by atoms with Gasteiger partial charge in [-0.25, -0.2) is 4.98 Å². The molecule has 1 atom stereocenters. The standard InChI is InChI=1S/C22H26N4O4/c1-14(12-29-3)23-22(28)16-10-17(24-19(27)13-30-4)20-18(11-16)25-21(26(20)2)15-8-6-5-7-9-15/h5-11,14H,12-13H2,1-4H3,(H,23,28)(H,24,27)/t14-/m0/s1. The van der Waals surface area contributed by atoms with Gasteiger partial charge in [-0.05, 0) is 19.1 Å². The predicted molar refractivity (Wildman–Crippen MR) is 115 cm³/mol. The zero-order valence-electron chi connectivity index (χ0n) is 17.6. The van der Waals surface area contributed by atoms with Crippen molar-refractivity contribution >= 4 is 28.5 Å². The average molecular weight is 410 g/mol. The monoisotopic (exact) mass is 410 g/mol. The molecule has 158 valence electrons. The molecule has 0 aliphatic carbocycles.